The van der Waals surface area contributed by atoms with E-state index in [1.165, 1.54) is 6.92 Å². The summed E-state index contributed by atoms with van der Waals surface area (Å²) in [6.07, 6.45) is -0.734. The predicted octanol–water partition coefficient (Wildman–Crippen LogP) is 6.42. The van der Waals surface area contributed by atoms with Gasteiger partial charge in [-0.1, -0.05) is 127 Å². The maximum absolute atomic E-state index is 12.2. The molecule has 1 aliphatic heterocycles. The fraction of sp³-hybridized carbons (Fsp3) is 0.308. The molecular weight excluding hydrogens is 578 g/mol. The molecule has 0 aliphatic carbocycles. The first kappa shape index (κ1) is 33.3. The van der Waals surface area contributed by atoms with Crippen LogP contribution >= 0.6 is 0 Å². The molecule has 1 fully saturated rings. The zero-order valence-electron chi connectivity index (χ0n) is 26.3. The van der Waals surface area contributed by atoms with Gasteiger partial charge in [0.2, 0.25) is 5.91 Å². The summed E-state index contributed by atoms with van der Waals surface area (Å²) in [5.74, 6) is -0.187. The smallest absolute Gasteiger partial charge is 0.216 e. The number of nitrogens with one attached hydrogen (secondary N) is 1. The van der Waals surface area contributed by atoms with Crippen LogP contribution in [-0.2, 0) is 54.9 Å². The first-order chi connectivity index (χ1) is 22.6. The Morgan fingerprint density at radius 3 is 1.59 bits per heavy atom. The summed E-state index contributed by atoms with van der Waals surface area (Å²) in [5, 5.41) is 2.95. The van der Waals surface area contributed by atoms with Gasteiger partial charge >= 0.3 is 0 Å². The van der Waals surface area contributed by atoms with E-state index in [0.717, 1.165) is 22.3 Å². The monoisotopic (exact) mass is 621 g/mol. The maximum Gasteiger partial charge on any atom is 0.216 e. The maximum atomic E-state index is 12.2. The average Bonchev–Trinajstić information content (AvgIpc) is 3.10. The number of carbonyl (C=O) groups is 1. The molecular formula is C39H43NO6. The van der Waals surface area contributed by atoms with Crippen LogP contribution in [0.2, 0.25) is 0 Å². The topological polar surface area (TPSA) is 75.3 Å². The van der Waals surface area contributed by atoms with Gasteiger partial charge in [0.15, 0.2) is 0 Å². The SMILES string of the molecule is C=C[C@]1(CNC(C)=O)O[C@H](COCc2ccccc2)[C@@H](OCc2ccccc2)[C@H](OCc2ccccc2)[C@H]1OCc1ccccc1. The molecule has 4 aromatic rings. The van der Waals surface area contributed by atoms with Gasteiger partial charge in [0, 0.05) is 6.92 Å². The fourth-order valence-electron chi connectivity index (χ4n) is 5.63. The van der Waals surface area contributed by atoms with Crippen molar-refractivity contribution in [2.75, 3.05) is 13.2 Å². The summed E-state index contributed by atoms with van der Waals surface area (Å²) < 4.78 is 33.4. The van der Waals surface area contributed by atoms with E-state index in [2.05, 4.69) is 11.9 Å². The molecule has 0 saturated carbocycles. The zero-order valence-corrected chi connectivity index (χ0v) is 26.3. The summed E-state index contributed by atoms with van der Waals surface area (Å²) in [4.78, 5) is 12.2. The molecule has 5 atom stereocenters. The van der Waals surface area contributed by atoms with Crippen LogP contribution < -0.4 is 5.32 Å². The molecule has 0 radical (unpaired) electrons. The third-order valence-corrected chi connectivity index (χ3v) is 8.04. The predicted molar refractivity (Wildman–Crippen MR) is 178 cm³/mol. The number of amides is 1. The second kappa shape index (κ2) is 17.0. The molecule has 0 spiro atoms. The van der Waals surface area contributed by atoms with Gasteiger partial charge in [0.1, 0.15) is 30.0 Å². The summed E-state index contributed by atoms with van der Waals surface area (Å²) in [5.41, 5.74) is 2.94. The summed E-state index contributed by atoms with van der Waals surface area (Å²) in [7, 11) is 0. The third-order valence-electron chi connectivity index (χ3n) is 8.04. The lowest BCUT2D eigenvalue weighted by atomic mass is 9.83. The van der Waals surface area contributed by atoms with Crippen LogP contribution in [0.25, 0.3) is 0 Å². The minimum atomic E-state index is -1.14. The van der Waals surface area contributed by atoms with E-state index in [1.807, 2.05) is 121 Å². The highest BCUT2D eigenvalue weighted by Gasteiger charge is 2.55. The van der Waals surface area contributed by atoms with Crippen LogP contribution in [0, 0.1) is 0 Å². The molecule has 1 aliphatic rings. The van der Waals surface area contributed by atoms with Crippen LogP contribution in [0.1, 0.15) is 29.2 Å². The Kier molecular flexibility index (Phi) is 12.3. The van der Waals surface area contributed by atoms with E-state index in [-0.39, 0.29) is 19.1 Å². The zero-order chi connectivity index (χ0) is 32.0. The van der Waals surface area contributed by atoms with Crippen LogP contribution in [0.5, 0.6) is 0 Å². The number of benzene rings is 4. The first-order valence-corrected chi connectivity index (χ1v) is 15.7. The van der Waals surface area contributed by atoms with Crippen molar-refractivity contribution in [2.45, 2.75) is 63.4 Å². The van der Waals surface area contributed by atoms with E-state index in [9.17, 15) is 4.79 Å². The number of hydrogen-bond acceptors (Lipinski definition) is 6. The molecule has 0 unspecified atom stereocenters. The number of carbonyl (C=O) groups excluding carboxylic acids is 1. The average molecular weight is 622 g/mol. The molecule has 5 rings (SSSR count). The lowest BCUT2D eigenvalue weighted by Gasteiger charge is -2.51. The Labute approximate surface area is 272 Å². The van der Waals surface area contributed by atoms with Crippen molar-refractivity contribution in [2.24, 2.45) is 0 Å². The molecule has 0 aromatic heterocycles. The highest BCUT2D eigenvalue weighted by Crippen LogP contribution is 2.38. The van der Waals surface area contributed by atoms with Gasteiger partial charge in [-0.2, -0.15) is 0 Å². The first-order valence-electron chi connectivity index (χ1n) is 15.7. The fourth-order valence-corrected chi connectivity index (χ4v) is 5.63. The van der Waals surface area contributed by atoms with Crippen molar-refractivity contribution < 1.29 is 28.5 Å². The molecule has 1 heterocycles. The molecule has 7 nitrogen and oxygen atoms in total. The van der Waals surface area contributed by atoms with Crippen LogP contribution in [0.3, 0.4) is 0 Å². The van der Waals surface area contributed by atoms with Gasteiger partial charge in [-0.3, -0.25) is 4.79 Å². The Hall–Kier alpha value is -4.11. The van der Waals surface area contributed by atoms with Crippen LogP contribution in [0.15, 0.2) is 134 Å². The van der Waals surface area contributed by atoms with Crippen molar-refractivity contribution >= 4 is 5.91 Å². The van der Waals surface area contributed by atoms with E-state index in [4.69, 9.17) is 23.7 Å². The molecule has 46 heavy (non-hydrogen) atoms. The van der Waals surface area contributed by atoms with E-state index < -0.39 is 30.0 Å². The highest BCUT2D eigenvalue weighted by atomic mass is 16.6. The Bertz CT molecular complexity index is 1470. The van der Waals surface area contributed by atoms with Crippen molar-refractivity contribution in [3.05, 3.63) is 156 Å². The van der Waals surface area contributed by atoms with Crippen molar-refractivity contribution in [3.63, 3.8) is 0 Å². The van der Waals surface area contributed by atoms with Crippen molar-refractivity contribution in [1.29, 1.82) is 0 Å². The molecule has 4 aromatic carbocycles. The summed E-state index contributed by atoms with van der Waals surface area (Å²) in [6.45, 7) is 7.39. The van der Waals surface area contributed by atoms with Crippen molar-refractivity contribution in [3.8, 4) is 0 Å². The van der Waals surface area contributed by atoms with Gasteiger partial charge in [-0.25, -0.2) is 0 Å². The second-order valence-corrected chi connectivity index (χ2v) is 11.5. The lowest BCUT2D eigenvalue weighted by Crippen LogP contribution is -2.69. The summed E-state index contributed by atoms with van der Waals surface area (Å²) in [6, 6.07) is 39.9. The Balaban J connectivity index is 1.50. The molecule has 1 amide bonds. The second-order valence-electron chi connectivity index (χ2n) is 11.5. The Morgan fingerprint density at radius 1 is 0.696 bits per heavy atom. The Morgan fingerprint density at radius 2 is 1.13 bits per heavy atom. The highest BCUT2D eigenvalue weighted by molar-refractivity contribution is 5.73. The van der Waals surface area contributed by atoms with E-state index in [1.54, 1.807) is 6.08 Å². The van der Waals surface area contributed by atoms with Gasteiger partial charge in [-0.15, -0.1) is 6.58 Å². The van der Waals surface area contributed by atoms with E-state index in [0.29, 0.717) is 26.4 Å². The molecule has 240 valence electrons. The lowest BCUT2D eigenvalue weighted by molar-refractivity contribution is -0.293. The third kappa shape index (κ3) is 9.22. The summed E-state index contributed by atoms with van der Waals surface area (Å²) >= 11 is 0. The number of hydrogen-bond donors (Lipinski definition) is 1. The quantitative estimate of drug-likeness (QED) is 0.146. The number of rotatable bonds is 16. The molecule has 0 bridgehead atoms. The number of ether oxygens (including phenoxy) is 5. The largest absolute Gasteiger partial charge is 0.374 e. The molecule has 7 heteroatoms. The molecule has 1 saturated heterocycles. The van der Waals surface area contributed by atoms with Crippen molar-refractivity contribution in [1.82, 2.24) is 5.32 Å². The minimum Gasteiger partial charge on any atom is -0.374 e. The van der Waals surface area contributed by atoms with Crippen LogP contribution in [-0.4, -0.2) is 49.1 Å². The normalized spacial score (nSPS) is 22.6. The van der Waals surface area contributed by atoms with Gasteiger partial charge < -0.3 is 29.0 Å². The van der Waals surface area contributed by atoms with Gasteiger partial charge in [0.25, 0.3) is 0 Å². The molecule has 1 N–H and O–H groups in total. The van der Waals surface area contributed by atoms with Gasteiger partial charge in [0.05, 0.1) is 39.6 Å². The van der Waals surface area contributed by atoms with Crippen LogP contribution in [0.4, 0.5) is 0 Å². The van der Waals surface area contributed by atoms with E-state index >= 15 is 0 Å². The standard InChI is InChI=1S/C39H43NO6/c1-3-39(29-40-30(2)41)38(45-27-34-22-14-7-15-23-34)37(44-26-33-20-12-6-13-21-33)36(43-25-32-18-10-5-11-19-32)35(46-39)28-42-24-31-16-8-4-9-17-31/h3-23,35-38H,1,24-29H2,2H3,(H,40,41)/t35-,36-,37+,38-,39-/m1/s1. The van der Waals surface area contributed by atoms with Gasteiger partial charge in [-0.05, 0) is 22.3 Å². The minimum absolute atomic E-state index is 0.136.